The van der Waals surface area contributed by atoms with Crippen LogP contribution < -0.4 is 11.1 Å². The molecule has 2 aromatic heterocycles. The highest BCUT2D eigenvalue weighted by atomic mass is 32.1. The summed E-state index contributed by atoms with van der Waals surface area (Å²) in [6.07, 6.45) is 3.53. The molecule has 0 aliphatic carbocycles. The molecule has 0 amide bonds. The van der Waals surface area contributed by atoms with Crippen LogP contribution in [0.5, 0.6) is 0 Å². The van der Waals surface area contributed by atoms with Crippen LogP contribution in [0.4, 0.5) is 5.82 Å². The number of rotatable bonds is 6. The zero-order valence-electron chi connectivity index (χ0n) is 11.4. The largest absolute Gasteiger partial charge is 0.383 e. The van der Waals surface area contributed by atoms with E-state index in [1.165, 1.54) is 0 Å². The number of nitrogen functional groups attached to an aromatic ring is 1. The van der Waals surface area contributed by atoms with Gasteiger partial charge in [0.2, 0.25) is 0 Å². The van der Waals surface area contributed by atoms with E-state index in [0.29, 0.717) is 11.9 Å². The van der Waals surface area contributed by atoms with Crippen LogP contribution in [0.25, 0.3) is 0 Å². The third-order valence-corrected chi connectivity index (χ3v) is 3.83. The predicted octanol–water partition coefficient (Wildman–Crippen LogP) is 2.19. The number of nitrogens with zero attached hydrogens (tertiary/aromatic N) is 2. The Kier molecular flexibility index (Phi) is 4.87. The molecule has 0 aliphatic rings. The van der Waals surface area contributed by atoms with Gasteiger partial charge in [-0.1, -0.05) is 13.0 Å². The molecule has 5 heteroatoms. The van der Waals surface area contributed by atoms with Gasteiger partial charge in [-0.3, -0.25) is 0 Å². The lowest BCUT2D eigenvalue weighted by Crippen LogP contribution is -2.33. The van der Waals surface area contributed by atoms with E-state index < -0.39 is 0 Å². The fourth-order valence-electron chi connectivity index (χ4n) is 2.15. The SMILES string of the molecule is CCNC(Cc1csc(C)n1)Cc1cccnc1N. The lowest BCUT2D eigenvalue weighted by atomic mass is 10.0. The summed E-state index contributed by atoms with van der Waals surface area (Å²) < 4.78 is 0. The highest BCUT2D eigenvalue weighted by molar-refractivity contribution is 7.09. The molecule has 2 rings (SSSR count). The quantitative estimate of drug-likeness (QED) is 0.849. The van der Waals surface area contributed by atoms with Crippen molar-refractivity contribution >= 4 is 17.2 Å². The van der Waals surface area contributed by atoms with Crippen LogP contribution in [0.3, 0.4) is 0 Å². The van der Waals surface area contributed by atoms with Crippen molar-refractivity contribution in [2.45, 2.75) is 32.7 Å². The zero-order chi connectivity index (χ0) is 13.7. The predicted molar refractivity (Wildman–Crippen MR) is 80.4 cm³/mol. The van der Waals surface area contributed by atoms with E-state index in [4.69, 9.17) is 5.73 Å². The minimum absolute atomic E-state index is 0.345. The molecule has 1 atom stereocenters. The van der Waals surface area contributed by atoms with Crippen LogP contribution >= 0.6 is 11.3 Å². The molecule has 0 bridgehead atoms. The van der Waals surface area contributed by atoms with Gasteiger partial charge in [-0.05, 0) is 31.5 Å². The topological polar surface area (TPSA) is 63.8 Å². The van der Waals surface area contributed by atoms with E-state index in [-0.39, 0.29) is 0 Å². The molecule has 102 valence electrons. The smallest absolute Gasteiger partial charge is 0.126 e. The van der Waals surface area contributed by atoms with E-state index in [2.05, 4.69) is 27.6 Å². The van der Waals surface area contributed by atoms with Gasteiger partial charge in [0, 0.05) is 24.0 Å². The maximum atomic E-state index is 5.91. The molecule has 0 spiro atoms. The summed E-state index contributed by atoms with van der Waals surface area (Å²) in [6.45, 7) is 5.09. The van der Waals surface area contributed by atoms with Crippen molar-refractivity contribution in [1.82, 2.24) is 15.3 Å². The van der Waals surface area contributed by atoms with Gasteiger partial charge in [0.15, 0.2) is 0 Å². The Labute approximate surface area is 118 Å². The van der Waals surface area contributed by atoms with E-state index in [1.54, 1.807) is 17.5 Å². The molecule has 3 N–H and O–H groups in total. The number of aryl methyl sites for hydroxylation is 1. The molecule has 0 fully saturated rings. The summed E-state index contributed by atoms with van der Waals surface area (Å²) in [5.74, 6) is 0.625. The maximum absolute atomic E-state index is 5.91. The van der Waals surface area contributed by atoms with Crippen molar-refractivity contribution in [1.29, 1.82) is 0 Å². The minimum atomic E-state index is 0.345. The molecule has 2 heterocycles. The van der Waals surface area contributed by atoms with Crippen molar-refractivity contribution in [3.63, 3.8) is 0 Å². The first-order valence-electron chi connectivity index (χ1n) is 6.52. The third kappa shape index (κ3) is 4.01. The molecule has 0 aliphatic heterocycles. The Bertz CT molecular complexity index is 524. The van der Waals surface area contributed by atoms with Gasteiger partial charge in [-0.2, -0.15) is 0 Å². The summed E-state index contributed by atoms with van der Waals surface area (Å²) in [6, 6.07) is 4.32. The number of nitrogens with one attached hydrogen (secondary N) is 1. The number of hydrogen-bond donors (Lipinski definition) is 2. The van der Waals surface area contributed by atoms with E-state index in [0.717, 1.165) is 35.7 Å². The summed E-state index contributed by atoms with van der Waals surface area (Å²) in [5, 5.41) is 6.75. The van der Waals surface area contributed by atoms with Gasteiger partial charge in [-0.15, -0.1) is 11.3 Å². The van der Waals surface area contributed by atoms with Crippen LogP contribution in [-0.4, -0.2) is 22.6 Å². The zero-order valence-corrected chi connectivity index (χ0v) is 12.2. The number of thiazole rings is 1. The average Bonchev–Trinajstić information content (AvgIpc) is 2.78. The standard InChI is InChI=1S/C14H20N4S/c1-3-16-12(8-13-9-19-10(2)18-13)7-11-5-4-6-17-14(11)15/h4-6,9,12,16H,3,7-8H2,1-2H3,(H2,15,17). The van der Waals surface area contributed by atoms with Crippen LogP contribution in [-0.2, 0) is 12.8 Å². The first kappa shape index (κ1) is 14.0. The third-order valence-electron chi connectivity index (χ3n) is 3.01. The van der Waals surface area contributed by atoms with Crippen LogP contribution in [0.15, 0.2) is 23.7 Å². The van der Waals surface area contributed by atoms with Crippen molar-refractivity contribution in [3.8, 4) is 0 Å². The lowest BCUT2D eigenvalue weighted by molar-refractivity contribution is 0.517. The van der Waals surface area contributed by atoms with Gasteiger partial charge in [0.25, 0.3) is 0 Å². The second-order valence-corrected chi connectivity index (χ2v) is 5.63. The van der Waals surface area contributed by atoms with E-state index >= 15 is 0 Å². The molecule has 0 aromatic carbocycles. The van der Waals surface area contributed by atoms with Crippen molar-refractivity contribution < 1.29 is 0 Å². The average molecular weight is 276 g/mol. The van der Waals surface area contributed by atoms with Crippen LogP contribution in [0.2, 0.25) is 0 Å². The minimum Gasteiger partial charge on any atom is -0.383 e. The van der Waals surface area contributed by atoms with Gasteiger partial charge >= 0.3 is 0 Å². The first-order valence-corrected chi connectivity index (χ1v) is 7.40. The second-order valence-electron chi connectivity index (χ2n) is 4.57. The molecule has 1 unspecified atom stereocenters. The Morgan fingerprint density at radius 2 is 2.26 bits per heavy atom. The number of anilines is 1. The Hall–Kier alpha value is -1.46. The Morgan fingerprint density at radius 3 is 2.89 bits per heavy atom. The van der Waals surface area contributed by atoms with Crippen molar-refractivity contribution in [2.75, 3.05) is 12.3 Å². The number of aromatic nitrogens is 2. The number of pyridine rings is 1. The van der Waals surface area contributed by atoms with Crippen LogP contribution in [0, 0.1) is 6.92 Å². The fourth-order valence-corrected chi connectivity index (χ4v) is 2.77. The number of hydrogen-bond acceptors (Lipinski definition) is 5. The highest BCUT2D eigenvalue weighted by Crippen LogP contribution is 2.15. The normalized spacial score (nSPS) is 12.5. The lowest BCUT2D eigenvalue weighted by Gasteiger charge is -2.17. The molecule has 0 radical (unpaired) electrons. The molecule has 19 heavy (non-hydrogen) atoms. The molecule has 0 saturated carbocycles. The summed E-state index contributed by atoms with van der Waals surface area (Å²) in [4.78, 5) is 8.67. The maximum Gasteiger partial charge on any atom is 0.126 e. The highest BCUT2D eigenvalue weighted by Gasteiger charge is 2.13. The van der Waals surface area contributed by atoms with Crippen molar-refractivity contribution in [2.24, 2.45) is 0 Å². The Balaban J connectivity index is 2.06. The molecule has 0 saturated heterocycles. The van der Waals surface area contributed by atoms with E-state index in [1.807, 2.05) is 19.1 Å². The van der Waals surface area contributed by atoms with Crippen molar-refractivity contribution in [3.05, 3.63) is 40.0 Å². The van der Waals surface area contributed by atoms with Crippen LogP contribution in [0.1, 0.15) is 23.2 Å². The summed E-state index contributed by atoms with van der Waals surface area (Å²) in [5.41, 5.74) is 8.16. The van der Waals surface area contributed by atoms with Gasteiger partial charge in [0.05, 0.1) is 10.7 Å². The Morgan fingerprint density at radius 1 is 1.42 bits per heavy atom. The number of nitrogens with two attached hydrogens (primary N) is 1. The number of likely N-dealkylation sites (N-methyl/N-ethyl adjacent to an activating group) is 1. The van der Waals surface area contributed by atoms with E-state index in [9.17, 15) is 0 Å². The van der Waals surface area contributed by atoms with Gasteiger partial charge in [0.1, 0.15) is 5.82 Å². The molecule has 2 aromatic rings. The first-order chi connectivity index (χ1) is 9.19. The second kappa shape index (κ2) is 6.63. The fraction of sp³-hybridized carbons (Fsp3) is 0.429. The summed E-state index contributed by atoms with van der Waals surface area (Å²) in [7, 11) is 0. The monoisotopic (exact) mass is 276 g/mol. The summed E-state index contributed by atoms with van der Waals surface area (Å²) >= 11 is 1.70. The van der Waals surface area contributed by atoms with Gasteiger partial charge in [-0.25, -0.2) is 9.97 Å². The molecular formula is C14H20N4S. The van der Waals surface area contributed by atoms with Gasteiger partial charge < -0.3 is 11.1 Å². The molecular weight excluding hydrogens is 256 g/mol. The molecule has 4 nitrogen and oxygen atoms in total.